The van der Waals surface area contributed by atoms with E-state index in [1.165, 1.54) is 16.4 Å². The Morgan fingerprint density at radius 3 is 2.47 bits per heavy atom. The van der Waals surface area contributed by atoms with Gasteiger partial charge in [-0.05, 0) is 25.0 Å². The highest BCUT2D eigenvalue weighted by Crippen LogP contribution is 2.28. The average molecular weight is 371 g/mol. The average Bonchev–Trinajstić information content (AvgIpc) is 2.41. The van der Waals surface area contributed by atoms with Crippen LogP contribution in [-0.4, -0.2) is 25.8 Å². The van der Waals surface area contributed by atoms with E-state index in [9.17, 15) is 12.8 Å². The van der Waals surface area contributed by atoms with Gasteiger partial charge < -0.3 is 0 Å². The van der Waals surface area contributed by atoms with Gasteiger partial charge in [-0.25, -0.2) is 12.8 Å². The van der Waals surface area contributed by atoms with Gasteiger partial charge in [0.1, 0.15) is 10.7 Å². The van der Waals surface area contributed by atoms with E-state index in [1.807, 2.05) is 0 Å². The molecular formula is C12H14BrClFNO2S. The molecule has 2 rings (SSSR count). The van der Waals surface area contributed by atoms with Gasteiger partial charge in [0.25, 0.3) is 0 Å². The first-order valence-corrected chi connectivity index (χ1v) is 8.77. The van der Waals surface area contributed by atoms with E-state index < -0.39 is 15.8 Å². The number of rotatable bonds is 3. The minimum atomic E-state index is -3.78. The smallest absolute Gasteiger partial charge is 0.207 e. The van der Waals surface area contributed by atoms with E-state index in [-0.39, 0.29) is 16.3 Å². The topological polar surface area (TPSA) is 37.4 Å². The van der Waals surface area contributed by atoms with Crippen molar-refractivity contribution in [2.45, 2.75) is 30.0 Å². The molecule has 1 heterocycles. The number of sulfonamides is 1. The molecule has 7 heteroatoms. The molecule has 106 valence electrons. The maximum Gasteiger partial charge on any atom is 0.246 e. The zero-order valence-electron chi connectivity index (χ0n) is 10.2. The van der Waals surface area contributed by atoms with Crippen LogP contribution in [0.4, 0.5) is 4.39 Å². The van der Waals surface area contributed by atoms with Crippen LogP contribution < -0.4 is 0 Å². The standard InChI is InChI=1S/C12H14BrClFNO2S/c13-10-6-9(8-14)12(15)11(7-10)19(17,18)16-4-2-1-3-5-16/h6-7H,1-5,8H2. The zero-order valence-corrected chi connectivity index (χ0v) is 13.4. The molecule has 19 heavy (non-hydrogen) atoms. The van der Waals surface area contributed by atoms with Gasteiger partial charge in [-0.15, -0.1) is 11.6 Å². The second-order valence-electron chi connectivity index (χ2n) is 4.48. The van der Waals surface area contributed by atoms with E-state index in [1.54, 1.807) is 0 Å². The van der Waals surface area contributed by atoms with E-state index in [4.69, 9.17) is 11.6 Å². The molecule has 0 N–H and O–H groups in total. The molecule has 0 amide bonds. The fourth-order valence-corrected chi connectivity index (χ4v) is 4.65. The monoisotopic (exact) mass is 369 g/mol. The van der Waals surface area contributed by atoms with Crippen LogP contribution in [0.2, 0.25) is 0 Å². The summed E-state index contributed by atoms with van der Waals surface area (Å²) >= 11 is 8.84. The molecule has 1 aromatic rings. The lowest BCUT2D eigenvalue weighted by molar-refractivity contribution is 0.345. The summed E-state index contributed by atoms with van der Waals surface area (Å²) in [6, 6.07) is 2.80. The van der Waals surface area contributed by atoms with Crippen LogP contribution in [-0.2, 0) is 15.9 Å². The normalized spacial score (nSPS) is 17.6. The molecule has 0 aliphatic carbocycles. The first-order valence-electron chi connectivity index (χ1n) is 6.01. The van der Waals surface area contributed by atoms with Crippen molar-refractivity contribution in [2.75, 3.05) is 13.1 Å². The fourth-order valence-electron chi connectivity index (χ4n) is 2.15. The van der Waals surface area contributed by atoms with Crippen LogP contribution in [0.5, 0.6) is 0 Å². The second kappa shape index (κ2) is 6.08. The Hall–Kier alpha value is -0.170. The number of piperidine rings is 1. The van der Waals surface area contributed by atoms with Crippen LogP contribution in [0.25, 0.3) is 0 Å². The molecule has 1 fully saturated rings. The Morgan fingerprint density at radius 1 is 1.26 bits per heavy atom. The van der Waals surface area contributed by atoms with Gasteiger partial charge in [0, 0.05) is 23.1 Å². The third-order valence-corrected chi connectivity index (χ3v) is 5.80. The minimum Gasteiger partial charge on any atom is -0.207 e. The lowest BCUT2D eigenvalue weighted by atomic mass is 10.2. The lowest BCUT2D eigenvalue weighted by Crippen LogP contribution is -2.36. The number of benzene rings is 1. The van der Waals surface area contributed by atoms with Gasteiger partial charge in [0.15, 0.2) is 0 Å². The van der Waals surface area contributed by atoms with Crippen LogP contribution in [0, 0.1) is 5.82 Å². The van der Waals surface area contributed by atoms with Gasteiger partial charge in [-0.3, -0.25) is 0 Å². The van der Waals surface area contributed by atoms with Crippen molar-refractivity contribution in [3.63, 3.8) is 0 Å². The fraction of sp³-hybridized carbons (Fsp3) is 0.500. The Morgan fingerprint density at radius 2 is 1.89 bits per heavy atom. The van der Waals surface area contributed by atoms with Gasteiger partial charge in [-0.2, -0.15) is 4.31 Å². The summed E-state index contributed by atoms with van der Waals surface area (Å²) in [6.07, 6.45) is 2.65. The van der Waals surface area contributed by atoms with E-state index >= 15 is 0 Å². The quantitative estimate of drug-likeness (QED) is 0.764. The number of hydrogen-bond donors (Lipinski definition) is 0. The highest BCUT2D eigenvalue weighted by Gasteiger charge is 2.29. The maximum atomic E-state index is 14.2. The summed E-state index contributed by atoms with van der Waals surface area (Å²) in [6.45, 7) is 0.898. The van der Waals surface area contributed by atoms with E-state index in [0.29, 0.717) is 17.6 Å². The molecule has 0 bridgehead atoms. The SMILES string of the molecule is O=S(=O)(c1cc(Br)cc(CCl)c1F)N1CCCCC1. The largest absolute Gasteiger partial charge is 0.246 e. The van der Waals surface area contributed by atoms with Crippen molar-refractivity contribution < 1.29 is 12.8 Å². The Kier molecular flexibility index (Phi) is 4.87. The molecule has 1 aliphatic heterocycles. The van der Waals surface area contributed by atoms with Crippen molar-refractivity contribution in [2.24, 2.45) is 0 Å². The molecule has 0 spiro atoms. The summed E-state index contributed by atoms with van der Waals surface area (Å²) in [4.78, 5) is -0.292. The Labute approximate surface area is 125 Å². The zero-order chi connectivity index (χ0) is 14.0. The van der Waals surface area contributed by atoms with Crippen LogP contribution >= 0.6 is 27.5 Å². The molecule has 0 unspecified atom stereocenters. The molecule has 1 saturated heterocycles. The molecular weight excluding hydrogens is 357 g/mol. The van der Waals surface area contributed by atoms with E-state index in [0.717, 1.165) is 19.3 Å². The number of hydrogen-bond acceptors (Lipinski definition) is 2. The third-order valence-electron chi connectivity index (χ3n) is 3.16. The van der Waals surface area contributed by atoms with Gasteiger partial charge in [0.2, 0.25) is 10.0 Å². The summed E-state index contributed by atoms with van der Waals surface area (Å²) in [5, 5.41) is 0. The third kappa shape index (κ3) is 3.12. The van der Waals surface area contributed by atoms with E-state index in [2.05, 4.69) is 15.9 Å². The van der Waals surface area contributed by atoms with Gasteiger partial charge >= 0.3 is 0 Å². The van der Waals surface area contributed by atoms with Gasteiger partial charge in [-0.1, -0.05) is 22.4 Å². The Balaban J connectivity index is 2.47. The second-order valence-corrected chi connectivity index (χ2v) is 7.56. The first kappa shape index (κ1) is 15.2. The molecule has 0 saturated carbocycles. The number of alkyl halides is 1. The molecule has 1 aromatic carbocycles. The van der Waals surface area contributed by atoms with Crippen molar-refractivity contribution in [3.05, 3.63) is 28.0 Å². The van der Waals surface area contributed by atoms with Crippen LogP contribution in [0.15, 0.2) is 21.5 Å². The van der Waals surface area contributed by atoms with Crippen molar-refractivity contribution >= 4 is 37.6 Å². The first-order chi connectivity index (χ1) is 8.96. The number of halogens is 3. The molecule has 3 nitrogen and oxygen atoms in total. The Bertz CT molecular complexity index is 573. The summed E-state index contributed by atoms with van der Waals surface area (Å²) in [7, 11) is -3.78. The molecule has 0 aromatic heterocycles. The van der Waals surface area contributed by atoms with Crippen LogP contribution in [0.3, 0.4) is 0 Å². The molecule has 1 aliphatic rings. The summed E-state index contributed by atoms with van der Waals surface area (Å²) in [5.41, 5.74) is 0.187. The van der Waals surface area contributed by atoms with Crippen molar-refractivity contribution in [3.8, 4) is 0 Å². The highest BCUT2D eigenvalue weighted by molar-refractivity contribution is 9.10. The predicted octanol–water partition coefficient (Wildman–Crippen LogP) is 3.50. The number of nitrogens with zero attached hydrogens (tertiary/aromatic N) is 1. The molecule has 0 radical (unpaired) electrons. The highest BCUT2D eigenvalue weighted by atomic mass is 79.9. The van der Waals surface area contributed by atoms with Gasteiger partial charge in [0.05, 0.1) is 5.88 Å². The summed E-state index contributed by atoms with van der Waals surface area (Å²) < 4.78 is 41.0. The van der Waals surface area contributed by atoms with Crippen molar-refractivity contribution in [1.82, 2.24) is 4.31 Å². The van der Waals surface area contributed by atoms with Crippen LogP contribution in [0.1, 0.15) is 24.8 Å². The minimum absolute atomic E-state index is 0.0617. The summed E-state index contributed by atoms with van der Waals surface area (Å²) in [5.74, 6) is -0.808. The maximum absolute atomic E-state index is 14.2. The molecule has 0 atom stereocenters. The predicted molar refractivity (Wildman–Crippen MR) is 76.3 cm³/mol. The van der Waals surface area contributed by atoms with Crippen molar-refractivity contribution in [1.29, 1.82) is 0 Å². The lowest BCUT2D eigenvalue weighted by Gasteiger charge is -2.26.